The molecule has 24 heavy (non-hydrogen) atoms. The highest BCUT2D eigenvalue weighted by atomic mass is 32.2. The monoisotopic (exact) mass is 345 g/mol. The van der Waals surface area contributed by atoms with Gasteiger partial charge in [-0.05, 0) is 56.0 Å². The van der Waals surface area contributed by atoms with Crippen LogP contribution in [0.3, 0.4) is 0 Å². The van der Waals surface area contributed by atoms with Crippen LogP contribution in [-0.2, 0) is 16.4 Å². The summed E-state index contributed by atoms with van der Waals surface area (Å²) >= 11 is 0. The number of hydrogen-bond donors (Lipinski definition) is 0. The van der Waals surface area contributed by atoms with Crippen LogP contribution in [0.4, 0.5) is 0 Å². The Morgan fingerprint density at radius 3 is 2.38 bits per heavy atom. The van der Waals surface area contributed by atoms with Crippen molar-refractivity contribution in [2.24, 2.45) is 0 Å². The number of rotatable bonds is 5. The number of aryl methyl sites for hydroxylation is 1. The van der Waals surface area contributed by atoms with E-state index in [0.717, 1.165) is 36.1 Å². The Morgan fingerprint density at radius 2 is 1.75 bits per heavy atom. The van der Waals surface area contributed by atoms with Gasteiger partial charge in [0.1, 0.15) is 5.75 Å². The molecule has 2 aromatic carbocycles. The average molecular weight is 345 g/mol. The predicted molar refractivity (Wildman–Crippen MR) is 94.8 cm³/mol. The van der Waals surface area contributed by atoms with Crippen molar-refractivity contribution in [3.8, 4) is 5.75 Å². The molecule has 0 aromatic heterocycles. The van der Waals surface area contributed by atoms with Gasteiger partial charge in [-0.1, -0.05) is 29.8 Å². The second-order valence-corrected chi connectivity index (χ2v) is 8.17. The Balaban J connectivity index is 1.80. The molecule has 128 valence electrons. The molecule has 1 atom stereocenters. The molecule has 0 radical (unpaired) electrons. The van der Waals surface area contributed by atoms with E-state index in [9.17, 15) is 8.42 Å². The van der Waals surface area contributed by atoms with E-state index in [0.29, 0.717) is 11.4 Å². The Hall–Kier alpha value is -1.85. The first-order valence-corrected chi connectivity index (χ1v) is 9.66. The van der Waals surface area contributed by atoms with E-state index in [1.165, 1.54) is 0 Å². The standard InChI is InChI=1S/C19H23NO3S/c1-15-5-11-19(12-6-15)24(21,22)20-13-3-4-17(20)14-16-7-9-18(23-2)10-8-16/h5-12,17H,3-4,13-14H2,1-2H3. The van der Waals surface area contributed by atoms with Crippen LogP contribution >= 0.6 is 0 Å². The highest BCUT2D eigenvalue weighted by molar-refractivity contribution is 7.89. The van der Waals surface area contributed by atoms with Crippen LogP contribution in [0.2, 0.25) is 0 Å². The highest BCUT2D eigenvalue weighted by Gasteiger charge is 2.35. The lowest BCUT2D eigenvalue weighted by molar-refractivity contribution is 0.385. The Kier molecular flexibility index (Phi) is 4.92. The summed E-state index contributed by atoms with van der Waals surface area (Å²) in [4.78, 5) is 0.384. The van der Waals surface area contributed by atoms with Crippen LogP contribution in [0.15, 0.2) is 53.4 Å². The van der Waals surface area contributed by atoms with E-state index in [1.807, 2.05) is 43.3 Å². The van der Waals surface area contributed by atoms with Gasteiger partial charge >= 0.3 is 0 Å². The van der Waals surface area contributed by atoms with E-state index < -0.39 is 10.0 Å². The van der Waals surface area contributed by atoms with Gasteiger partial charge in [0.05, 0.1) is 12.0 Å². The summed E-state index contributed by atoms with van der Waals surface area (Å²) in [7, 11) is -1.79. The Bertz CT molecular complexity index is 782. The molecule has 0 aliphatic carbocycles. The number of sulfonamides is 1. The van der Waals surface area contributed by atoms with Crippen molar-refractivity contribution >= 4 is 10.0 Å². The van der Waals surface area contributed by atoms with Crippen LogP contribution in [0.5, 0.6) is 5.75 Å². The summed E-state index contributed by atoms with van der Waals surface area (Å²) in [5, 5.41) is 0. The van der Waals surface area contributed by atoms with Crippen LogP contribution in [0.25, 0.3) is 0 Å². The summed E-state index contributed by atoms with van der Waals surface area (Å²) in [6, 6.07) is 15.0. The van der Waals surface area contributed by atoms with E-state index in [-0.39, 0.29) is 6.04 Å². The first-order chi connectivity index (χ1) is 11.5. The van der Waals surface area contributed by atoms with Crippen LogP contribution in [-0.4, -0.2) is 32.4 Å². The zero-order chi connectivity index (χ0) is 17.2. The van der Waals surface area contributed by atoms with Gasteiger partial charge in [-0.2, -0.15) is 4.31 Å². The zero-order valence-corrected chi connectivity index (χ0v) is 14.9. The molecule has 1 aliphatic rings. The molecule has 4 nitrogen and oxygen atoms in total. The zero-order valence-electron chi connectivity index (χ0n) is 14.1. The van der Waals surface area contributed by atoms with Gasteiger partial charge in [0.2, 0.25) is 10.0 Å². The molecule has 1 unspecified atom stereocenters. The molecule has 5 heteroatoms. The van der Waals surface area contributed by atoms with Crippen molar-refractivity contribution in [1.82, 2.24) is 4.31 Å². The minimum atomic E-state index is -3.43. The lowest BCUT2D eigenvalue weighted by Gasteiger charge is -2.24. The molecule has 0 bridgehead atoms. The highest BCUT2D eigenvalue weighted by Crippen LogP contribution is 2.28. The number of nitrogens with zero attached hydrogens (tertiary/aromatic N) is 1. The first kappa shape index (κ1) is 17.0. The number of hydrogen-bond acceptors (Lipinski definition) is 3. The van der Waals surface area contributed by atoms with Gasteiger partial charge in [-0.3, -0.25) is 0 Å². The fourth-order valence-electron chi connectivity index (χ4n) is 3.21. The molecular weight excluding hydrogens is 322 g/mol. The van der Waals surface area contributed by atoms with E-state index >= 15 is 0 Å². The molecule has 1 saturated heterocycles. The van der Waals surface area contributed by atoms with Crippen molar-refractivity contribution in [2.45, 2.75) is 37.1 Å². The first-order valence-electron chi connectivity index (χ1n) is 8.22. The fraction of sp³-hybridized carbons (Fsp3) is 0.368. The maximum atomic E-state index is 13.0. The van der Waals surface area contributed by atoms with Gasteiger partial charge in [0.25, 0.3) is 0 Å². The molecule has 1 fully saturated rings. The van der Waals surface area contributed by atoms with Gasteiger partial charge in [0.15, 0.2) is 0 Å². The molecule has 0 N–H and O–H groups in total. The summed E-state index contributed by atoms with van der Waals surface area (Å²) < 4.78 is 32.7. The molecule has 2 aromatic rings. The Labute approximate surface area is 144 Å². The number of methoxy groups -OCH3 is 1. The Morgan fingerprint density at radius 1 is 1.08 bits per heavy atom. The van der Waals surface area contributed by atoms with Crippen molar-refractivity contribution < 1.29 is 13.2 Å². The average Bonchev–Trinajstić information content (AvgIpc) is 3.05. The quantitative estimate of drug-likeness (QED) is 0.834. The second-order valence-electron chi connectivity index (χ2n) is 6.28. The number of ether oxygens (including phenoxy) is 1. The minimum Gasteiger partial charge on any atom is -0.497 e. The van der Waals surface area contributed by atoms with Crippen molar-refractivity contribution in [3.05, 3.63) is 59.7 Å². The van der Waals surface area contributed by atoms with E-state index in [4.69, 9.17) is 4.74 Å². The SMILES string of the molecule is COc1ccc(CC2CCCN2S(=O)(=O)c2ccc(C)cc2)cc1. The minimum absolute atomic E-state index is 0.0182. The van der Waals surface area contributed by atoms with Crippen molar-refractivity contribution in [3.63, 3.8) is 0 Å². The summed E-state index contributed by atoms with van der Waals surface area (Å²) in [6.45, 7) is 2.55. The van der Waals surface area contributed by atoms with Gasteiger partial charge < -0.3 is 4.74 Å². The molecular formula is C19H23NO3S. The molecule has 1 heterocycles. The third-order valence-electron chi connectivity index (χ3n) is 4.58. The normalized spacial score (nSPS) is 18.7. The van der Waals surface area contributed by atoms with Gasteiger partial charge in [-0.15, -0.1) is 0 Å². The molecule has 1 aliphatic heterocycles. The predicted octanol–water partition coefficient (Wildman–Crippen LogP) is 3.40. The summed E-state index contributed by atoms with van der Waals surface area (Å²) in [6.07, 6.45) is 2.54. The van der Waals surface area contributed by atoms with Crippen LogP contribution < -0.4 is 4.74 Å². The van der Waals surface area contributed by atoms with Crippen LogP contribution in [0.1, 0.15) is 24.0 Å². The molecule has 3 rings (SSSR count). The molecule has 0 saturated carbocycles. The van der Waals surface area contributed by atoms with Gasteiger partial charge in [-0.25, -0.2) is 8.42 Å². The lowest BCUT2D eigenvalue weighted by Crippen LogP contribution is -2.36. The third kappa shape index (κ3) is 3.47. The van der Waals surface area contributed by atoms with Crippen molar-refractivity contribution in [1.29, 1.82) is 0 Å². The molecule has 0 spiro atoms. The second kappa shape index (κ2) is 6.95. The third-order valence-corrected chi connectivity index (χ3v) is 6.55. The van der Waals surface area contributed by atoms with Gasteiger partial charge in [0, 0.05) is 12.6 Å². The van der Waals surface area contributed by atoms with Crippen molar-refractivity contribution in [2.75, 3.05) is 13.7 Å². The number of benzene rings is 2. The van der Waals surface area contributed by atoms with Crippen LogP contribution in [0, 0.1) is 6.92 Å². The topological polar surface area (TPSA) is 46.6 Å². The fourth-order valence-corrected chi connectivity index (χ4v) is 4.90. The smallest absolute Gasteiger partial charge is 0.243 e. The summed E-state index contributed by atoms with van der Waals surface area (Å²) in [5.41, 5.74) is 2.19. The van der Waals surface area contributed by atoms with E-state index in [1.54, 1.807) is 23.5 Å². The molecule has 0 amide bonds. The lowest BCUT2D eigenvalue weighted by atomic mass is 10.0. The maximum Gasteiger partial charge on any atom is 0.243 e. The summed E-state index contributed by atoms with van der Waals surface area (Å²) in [5.74, 6) is 0.814. The maximum absolute atomic E-state index is 13.0. The van der Waals surface area contributed by atoms with E-state index in [2.05, 4.69) is 0 Å². The largest absolute Gasteiger partial charge is 0.497 e.